The Balaban J connectivity index is 2.92. The lowest BCUT2D eigenvalue weighted by Crippen LogP contribution is -2.34. The van der Waals surface area contributed by atoms with Crippen LogP contribution in [0.1, 0.15) is 40.2 Å². The van der Waals surface area contributed by atoms with Crippen molar-refractivity contribution in [1.82, 2.24) is 5.32 Å². The van der Waals surface area contributed by atoms with E-state index in [1.807, 2.05) is 13.1 Å². The van der Waals surface area contributed by atoms with E-state index >= 15 is 0 Å². The first-order chi connectivity index (χ1) is 9.34. The molecule has 20 heavy (non-hydrogen) atoms. The quantitative estimate of drug-likeness (QED) is 0.810. The second-order valence-electron chi connectivity index (χ2n) is 6.36. The van der Waals surface area contributed by atoms with Crippen molar-refractivity contribution in [2.24, 2.45) is 11.8 Å². The summed E-state index contributed by atoms with van der Waals surface area (Å²) < 4.78 is 14.1. The van der Waals surface area contributed by atoms with E-state index in [1.165, 1.54) is 0 Å². The van der Waals surface area contributed by atoms with Gasteiger partial charge in [-0.15, -0.1) is 0 Å². The SMILES string of the molecule is CC(C)CNCc1c(F)cccc1N(C)C(C)C(C)C. The maximum absolute atomic E-state index is 14.1. The molecule has 0 aromatic heterocycles. The number of hydrogen-bond acceptors (Lipinski definition) is 2. The Hall–Kier alpha value is -1.09. The van der Waals surface area contributed by atoms with Crippen molar-refractivity contribution in [3.8, 4) is 0 Å². The van der Waals surface area contributed by atoms with E-state index in [4.69, 9.17) is 0 Å². The summed E-state index contributed by atoms with van der Waals surface area (Å²) in [7, 11) is 2.05. The minimum atomic E-state index is -0.124. The molecule has 1 aromatic carbocycles. The van der Waals surface area contributed by atoms with Gasteiger partial charge in [-0.05, 0) is 37.4 Å². The van der Waals surface area contributed by atoms with Crippen LogP contribution in [0.3, 0.4) is 0 Å². The Morgan fingerprint density at radius 3 is 2.35 bits per heavy atom. The maximum Gasteiger partial charge on any atom is 0.129 e. The van der Waals surface area contributed by atoms with Gasteiger partial charge in [0.25, 0.3) is 0 Å². The molecule has 0 aliphatic rings. The second-order valence-corrected chi connectivity index (χ2v) is 6.36. The van der Waals surface area contributed by atoms with Crippen LogP contribution in [0.15, 0.2) is 18.2 Å². The van der Waals surface area contributed by atoms with Crippen molar-refractivity contribution < 1.29 is 4.39 Å². The van der Waals surface area contributed by atoms with Gasteiger partial charge in [-0.2, -0.15) is 0 Å². The van der Waals surface area contributed by atoms with Crippen molar-refractivity contribution in [2.45, 2.75) is 47.2 Å². The molecule has 0 heterocycles. The standard InChI is InChI=1S/C17H29FN2/c1-12(2)10-19-11-15-16(18)8-7-9-17(15)20(6)14(5)13(3)4/h7-9,12-14,19H,10-11H2,1-6H3. The number of rotatable bonds is 7. The fraction of sp³-hybridized carbons (Fsp3) is 0.647. The molecule has 114 valence electrons. The van der Waals surface area contributed by atoms with Gasteiger partial charge >= 0.3 is 0 Å². The fourth-order valence-electron chi connectivity index (χ4n) is 2.21. The lowest BCUT2D eigenvalue weighted by atomic mass is 10.0. The third-order valence-electron chi connectivity index (χ3n) is 3.90. The van der Waals surface area contributed by atoms with Crippen LogP contribution < -0.4 is 10.2 Å². The van der Waals surface area contributed by atoms with Gasteiger partial charge in [-0.3, -0.25) is 0 Å². The van der Waals surface area contributed by atoms with Gasteiger partial charge in [0.2, 0.25) is 0 Å². The van der Waals surface area contributed by atoms with E-state index in [2.05, 4.69) is 44.8 Å². The van der Waals surface area contributed by atoms with Crippen LogP contribution in [0.4, 0.5) is 10.1 Å². The summed E-state index contributed by atoms with van der Waals surface area (Å²) in [5.74, 6) is 0.971. The molecule has 1 rings (SSSR count). The normalized spacial score (nSPS) is 13.1. The molecule has 1 atom stereocenters. The Morgan fingerprint density at radius 1 is 1.15 bits per heavy atom. The molecule has 1 unspecified atom stereocenters. The van der Waals surface area contributed by atoms with Crippen LogP contribution in [0.25, 0.3) is 0 Å². The highest BCUT2D eigenvalue weighted by Gasteiger charge is 2.18. The highest BCUT2D eigenvalue weighted by molar-refractivity contribution is 5.54. The predicted molar refractivity (Wildman–Crippen MR) is 85.6 cm³/mol. The zero-order valence-electron chi connectivity index (χ0n) is 13.7. The van der Waals surface area contributed by atoms with Crippen LogP contribution in [0.2, 0.25) is 0 Å². The van der Waals surface area contributed by atoms with E-state index in [0.717, 1.165) is 17.8 Å². The third kappa shape index (κ3) is 4.48. The summed E-state index contributed by atoms with van der Waals surface area (Å²) in [4.78, 5) is 2.18. The summed E-state index contributed by atoms with van der Waals surface area (Å²) in [5, 5.41) is 3.34. The van der Waals surface area contributed by atoms with Crippen molar-refractivity contribution in [1.29, 1.82) is 0 Å². The van der Waals surface area contributed by atoms with Crippen LogP contribution in [-0.2, 0) is 6.54 Å². The predicted octanol–water partition coefficient (Wildman–Crippen LogP) is 4.05. The molecule has 0 fully saturated rings. The monoisotopic (exact) mass is 280 g/mol. The zero-order chi connectivity index (χ0) is 15.3. The summed E-state index contributed by atoms with van der Waals surface area (Å²) in [6, 6.07) is 5.72. The summed E-state index contributed by atoms with van der Waals surface area (Å²) >= 11 is 0. The van der Waals surface area contributed by atoms with Gasteiger partial charge in [0.05, 0.1) is 0 Å². The van der Waals surface area contributed by atoms with Crippen molar-refractivity contribution in [3.63, 3.8) is 0 Å². The van der Waals surface area contributed by atoms with E-state index in [-0.39, 0.29) is 5.82 Å². The highest BCUT2D eigenvalue weighted by Crippen LogP contribution is 2.25. The van der Waals surface area contributed by atoms with Crippen molar-refractivity contribution >= 4 is 5.69 Å². The molecular formula is C17H29FN2. The fourth-order valence-corrected chi connectivity index (χ4v) is 2.21. The van der Waals surface area contributed by atoms with E-state index in [0.29, 0.717) is 24.4 Å². The molecule has 0 radical (unpaired) electrons. The molecule has 2 nitrogen and oxygen atoms in total. The van der Waals surface area contributed by atoms with E-state index in [1.54, 1.807) is 12.1 Å². The van der Waals surface area contributed by atoms with Gasteiger partial charge in [-0.25, -0.2) is 4.39 Å². The summed E-state index contributed by atoms with van der Waals surface area (Å²) in [6.45, 7) is 12.4. The molecule has 0 saturated carbocycles. The van der Waals surface area contributed by atoms with Gasteiger partial charge in [-0.1, -0.05) is 33.8 Å². The Kier molecular flexibility index (Phi) is 6.47. The Morgan fingerprint density at radius 2 is 1.80 bits per heavy atom. The number of nitrogens with zero attached hydrogens (tertiary/aromatic N) is 1. The van der Waals surface area contributed by atoms with Crippen LogP contribution in [-0.4, -0.2) is 19.6 Å². The van der Waals surface area contributed by atoms with Crippen LogP contribution >= 0.6 is 0 Å². The number of nitrogens with one attached hydrogen (secondary N) is 1. The molecule has 0 aliphatic carbocycles. The first kappa shape index (κ1) is 17.0. The topological polar surface area (TPSA) is 15.3 Å². The van der Waals surface area contributed by atoms with Crippen molar-refractivity contribution in [2.75, 3.05) is 18.5 Å². The molecule has 0 bridgehead atoms. The zero-order valence-corrected chi connectivity index (χ0v) is 13.7. The third-order valence-corrected chi connectivity index (χ3v) is 3.90. The maximum atomic E-state index is 14.1. The van der Waals surface area contributed by atoms with E-state index < -0.39 is 0 Å². The first-order valence-corrected chi connectivity index (χ1v) is 7.55. The molecule has 3 heteroatoms. The smallest absolute Gasteiger partial charge is 0.129 e. The number of benzene rings is 1. The minimum absolute atomic E-state index is 0.124. The summed E-state index contributed by atoms with van der Waals surface area (Å²) in [5.41, 5.74) is 1.76. The number of halogens is 1. The van der Waals surface area contributed by atoms with Gasteiger partial charge in [0, 0.05) is 30.9 Å². The van der Waals surface area contributed by atoms with Crippen LogP contribution in [0.5, 0.6) is 0 Å². The molecular weight excluding hydrogens is 251 g/mol. The van der Waals surface area contributed by atoms with Gasteiger partial charge < -0.3 is 10.2 Å². The van der Waals surface area contributed by atoms with E-state index in [9.17, 15) is 4.39 Å². The molecule has 1 aromatic rings. The minimum Gasteiger partial charge on any atom is -0.371 e. The summed E-state index contributed by atoms with van der Waals surface area (Å²) in [6.07, 6.45) is 0. The molecule has 0 spiro atoms. The average molecular weight is 280 g/mol. The average Bonchev–Trinajstić information content (AvgIpc) is 2.38. The largest absolute Gasteiger partial charge is 0.371 e. The Bertz CT molecular complexity index is 415. The van der Waals surface area contributed by atoms with Crippen molar-refractivity contribution in [3.05, 3.63) is 29.6 Å². The highest BCUT2D eigenvalue weighted by atomic mass is 19.1. The first-order valence-electron chi connectivity index (χ1n) is 7.55. The Labute approximate surface area is 123 Å². The lowest BCUT2D eigenvalue weighted by molar-refractivity contribution is 0.498. The van der Waals surface area contributed by atoms with Crippen LogP contribution in [0, 0.1) is 17.7 Å². The molecule has 0 saturated heterocycles. The van der Waals surface area contributed by atoms with Gasteiger partial charge in [0.1, 0.15) is 5.82 Å². The number of anilines is 1. The lowest BCUT2D eigenvalue weighted by Gasteiger charge is -2.32. The molecule has 0 aliphatic heterocycles. The molecule has 0 amide bonds. The van der Waals surface area contributed by atoms with Gasteiger partial charge in [0.15, 0.2) is 0 Å². The number of hydrogen-bond donors (Lipinski definition) is 1. The molecule has 1 N–H and O–H groups in total. The second kappa shape index (κ2) is 7.63.